The molecular weight excluding hydrogens is 558 g/mol. The summed E-state index contributed by atoms with van der Waals surface area (Å²) in [4.78, 5) is 22.9. The largest absolute Gasteiger partial charge is 0.497 e. The molecule has 43 heavy (non-hydrogen) atoms. The fourth-order valence-corrected chi connectivity index (χ4v) is 7.73. The van der Waals surface area contributed by atoms with E-state index in [1.54, 1.807) is 7.11 Å². The molecule has 1 aliphatic carbocycles. The van der Waals surface area contributed by atoms with Gasteiger partial charge in [0.15, 0.2) is 0 Å². The number of halogens is 1. The molecule has 4 aliphatic rings. The van der Waals surface area contributed by atoms with E-state index >= 15 is 0 Å². The first-order valence-corrected chi connectivity index (χ1v) is 16.7. The molecule has 232 valence electrons. The maximum atomic E-state index is 13.5. The average molecular weight is 606 g/mol. The Hall–Kier alpha value is -2.58. The highest BCUT2D eigenvalue weighted by Crippen LogP contribution is 2.47. The number of ether oxygens (including phenoxy) is 1. The van der Waals surface area contributed by atoms with Gasteiger partial charge in [0, 0.05) is 64.1 Å². The number of piperazine rings is 1. The van der Waals surface area contributed by atoms with Crippen molar-refractivity contribution < 1.29 is 9.53 Å². The van der Waals surface area contributed by atoms with E-state index in [-0.39, 0.29) is 5.91 Å². The number of nitrogens with zero attached hydrogens (tertiary/aromatic N) is 4. The molecule has 8 heteroatoms. The molecule has 3 fully saturated rings. The van der Waals surface area contributed by atoms with Gasteiger partial charge in [-0.2, -0.15) is 0 Å². The van der Waals surface area contributed by atoms with E-state index in [1.807, 2.05) is 24.4 Å². The maximum Gasteiger partial charge on any atom is 0.253 e. The molecule has 0 radical (unpaired) electrons. The van der Waals surface area contributed by atoms with Crippen molar-refractivity contribution in [2.24, 2.45) is 11.3 Å². The van der Waals surface area contributed by atoms with Crippen molar-refractivity contribution in [1.29, 1.82) is 0 Å². The second-order valence-corrected chi connectivity index (χ2v) is 13.5. The van der Waals surface area contributed by atoms with E-state index in [9.17, 15) is 4.79 Å². The van der Waals surface area contributed by atoms with Crippen molar-refractivity contribution in [2.45, 2.75) is 51.5 Å². The van der Waals surface area contributed by atoms with E-state index in [1.165, 1.54) is 57.3 Å². The van der Waals surface area contributed by atoms with E-state index < -0.39 is 0 Å². The Labute approximate surface area is 262 Å². The number of anilines is 1. The van der Waals surface area contributed by atoms with Crippen LogP contribution in [0.5, 0.6) is 5.75 Å². The van der Waals surface area contributed by atoms with E-state index in [0.717, 1.165) is 75.0 Å². The van der Waals surface area contributed by atoms with Gasteiger partial charge in [-0.25, -0.2) is 0 Å². The second kappa shape index (κ2) is 14.0. The first kappa shape index (κ1) is 30.4. The fraction of sp³-hybridized carbons (Fsp3) is 0.571. The summed E-state index contributed by atoms with van der Waals surface area (Å²) in [5, 5.41) is 4.00. The van der Waals surface area contributed by atoms with E-state index in [0.29, 0.717) is 17.1 Å². The molecule has 2 saturated heterocycles. The lowest BCUT2D eigenvalue weighted by atomic mass is 9.65. The van der Waals surface area contributed by atoms with Gasteiger partial charge in [-0.1, -0.05) is 29.8 Å². The Morgan fingerprint density at radius 3 is 2.35 bits per heavy atom. The minimum absolute atomic E-state index is 0.138. The number of piperidine rings is 1. The smallest absolute Gasteiger partial charge is 0.253 e. The Morgan fingerprint density at radius 1 is 0.953 bits per heavy atom. The zero-order valence-corrected chi connectivity index (χ0v) is 26.5. The van der Waals surface area contributed by atoms with Gasteiger partial charge in [0.2, 0.25) is 0 Å². The van der Waals surface area contributed by atoms with Crippen LogP contribution in [0.4, 0.5) is 5.69 Å². The summed E-state index contributed by atoms with van der Waals surface area (Å²) in [6, 6.07) is 14.2. The summed E-state index contributed by atoms with van der Waals surface area (Å²) in [5.74, 6) is 1.92. The standard InChI is InChI=1S/C35H48ClN5O2/c1-43-31-6-3-29(4-7-31)26-39-23-21-38(22-24-39)18-11-28-9-12-35(13-10-28)14-19-40(20-15-35)34(42)30-5-8-32(36)33(25-30)41-17-2-16-37-27-41/h2-8,17,25,28,37H,9-16,18-24,26-27H2,1H3. The third-order valence-electron chi connectivity index (χ3n) is 10.5. The average Bonchev–Trinajstić information content (AvgIpc) is 3.06. The first-order valence-electron chi connectivity index (χ1n) is 16.3. The minimum Gasteiger partial charge on any atom is -0.497 e. The molecule has 3 aliphatic heterocycles. The molecule has 3 heterocycles. The number of amides is 1. The molecular formula is C35H48ClN5O2. The summed E-state index contributed by atoms with van der Waals surface area (Å²) >= 11 is 6.50. The van der Waals surface area contributed by atoms with Gasteiger partial charge >= 0.3 is 0 Å². The minimum atomic E-state index is 0.138. The van der Waals surface area contributed by atoms with Crippen LogP contribution in [0.1, 0.15) is 60.9 Å². The van der Waals surface area contributed by atoms with Crippen molar-refractivity contribution in [3.05, 3.63) is 70.9 Å². The monoisotopic (exact) mass is 605 g/mol. The predicted octanol–water partition coefficient (Wildman–Crippen LogP) is 5.85. The third-order valence-corrected chi connectivity index (χ3v) is 10.8. The van der Waals surface area contributed by atoms with Gasteiger partial charge in [0.25, 0.3) is 5.91 Å². The van der Waals surface area contributed by atoms with Gasteiger partial charge in [-0.3, -0.25) is 15.0 Å². The zero-order chi connectivity index (χ0) is 29.6. The van der Waals surface area contributed by atoms with Gasteiger partial charge in [-0.15, -0.1) is 0 Å². The van der Waals surface area contributed by atoms with Gasteiger partial charge < -0.3 is 19.4 Å². The van der Waals surface area contributed by atoms with Crippen LogP contribution in [0.3, 0.4) is 0 Å². The topological polar surface area (TPSA) is 51.3 Å². The molecule has 0 bridgehead atoms. The molecule has 6 rings (SSSR count). The fourth-order valence-electron chi connectivity index (χ4n) is 7.50. The highest BCUT2D eigenvalue weighted by molar-refractivity contribution is 6.33. The van der Waals surface area contributed by atoms with Gasteiger partial charge in [0.1, 0.15) is 5.75 Å². The van der Waals surface area contributed by atoms with Gasteiger partial charge in [0.05, 0.1) is 24.5 Å². The zero-order valence-electron chi connectivity index (χ0n) is 25.8. The lowest BCUT2D eigenvalue weighted by molar-refractivity contribution is 0.0376. The number of benzene rings is 2. The highest BCUT2D eigenvalue weighted by Gasteiger charge is 2.39. The van der Waals surface area contributed by atoms with Gasteiger partial charge in [-0.05, 0) is 98.7 Å². The number of carbonyl (C=O) groups is 1. The van der Waals surface area contributed by atoms with Crippen LogP contribution in [-0.2, 0) is 6.54 Å². The molecule has 2 aromatic rings. The Kier molecular flexibility index (Phi) is 9.93. The van der Waals surface area contributed by atoms with Crippen LogP contribution in [0.2, 0.25) is 5.02 Å². The van der Waals surface area contributed by atoms with Crippen molar-refractivity contribution in [2.75, 3.05) is 71.0 Å². The lowest BCUT2D eigenvalue weighted by Gasteiger charge is -2.46. The highest BCUT2D eigenvalue weighted by atomic mass is 35.5. The molecule has 2 aromatic carbocycles. The van der Waals surface area contributed by atoms with Crippen LogP contribution < -0.4 is 15.0 Å². The number of hydrogen-bond acceptors (Lipinski definition) is 6. The van der Waals surface area contributed by atoms with E-state index in [2.05, 4.69) is 55.3 Å². The molecule has 1 saturated carbocycles. The van der Waals surface area contributed by atoms with Crippen LogP contribution >= 0.6 is 11.6 Å². The van der Waals surface area contributed by atoms with Crippen molar-refractivity contribution in [1.82, 2.24) is 20.0 Å². The van der Waals surface area contributed by atoms with Crippen molar-refractivity contribution in [3.8, 4) is 5.75 Å². The normalized spacial score (nSPS) is 21.8. The molecule has 1 amide bonds. The Morgan fingerprint density at radius 2 is 1.67 bits per heavy atom. The second-order valence-electron chi connectivity index (χ2n) is 13.1. The van der Waals surface area contributed by atoms with Crippen LogP contribution in [0.25, 0.3) is 0 Å². The molecule has 7 nitrogen and oxygen atoms in total. The Bertz CT molecular complexity index is 1240. The summed E-state index contributed by atoms with van der Waals surface area (Å²) in [7, 11) is 1.72. The maximum absolute atomic E-state index is 13.5. The quantitative estimate of drug-likeness (QED) is 0.407. The van der Waals surface area contributed by atoms with Crippen molar-refractivity contribution in [3.63, 3.8) is 0 Å². The number of nitrogens with one attached hydrogen (secondary N) is 1. The number of hydrogen-bond donors (Lipinski definition) is 1. The van der Waals surface area contributed by atoms with Crippen LogP contribution in [-0.4, -0.2) is 86.7 Å². The number of rotatable bonds is 8. The Balaban J connectivity index is 0.909. The molecule has 1 spiro atoms. The lowest BCUT2D eigenvalue weighted by Crippen LogP contribution is -2.46. The first-order chi connectivity index (χ1) is 21.0. The third kappa shape index (κ3) is 7.56. The number of methoxy groups -OCH3 is 1. The summed E-state index contributed by atoms with van der Waals surface area (Å²) in [5.41, 5.74) is 3.43. The van der Waals surface area contributed by atoms with Crippen LogP contribution in [0.15, 0.2) is 54.7 Å². The molecule has 1 N–H and O–H groups in total. The summed E-state index contributed by atoms with van der Waals surface area (Å²) in [6.07, 6.45) is 13.1. The van der Waals surface area contributed by atoms with Crippen molar-refractivity contribution >= 4 is 23.2 Å². The molecule has 0 unspecified atom stereocenters. The number of carbonyl (C=O) groups excluding carboxylic acids is 1. The molecule has 0 atom stereocenters. The van der Waals surface area contributed by atoms with Crippen LogP contribution in [0, 0.1) is 11.3 Å². The number of likely N-dealkylation sites (tertiary alicyclic amines) is 1. The summed E-state index contributed by atoms with van der Waals surface area (Å²) in [6.45, 7) is 10.2. The van der Waals surface area contributed by atoms with E-state index in [4.69, 9.17) is 16.3 Å². The molecule has 0 aromatic heterocycles. The SMILES string of the molecule is COc1ccc(CN2CCN(CCC3CCC4(CC3)CCN(C(=O)c3ccc(Cl)c(N5C=CCNC5)c3)CC4)CC2)cc1. The predicted molar refractivity (Wildman–Crippen MR) is 175 cm³/mol. The summed E-state index contributed by atoms with van der Waals surface area (Å²) < 4.78 is 5.29.